The number of carbonyl (C=O) groups excluding carboxylic acids is 2. The maximum atomic E-state index is 12.5. The minimum atomic E-state index is -0.281. The number of aryl methyl sites for hydroxylation is 1. The fourth-order valence-corrected chi connectivity index (χ4v) is 2.86. The van der Waals surface area contributed by atoms with Crippen molar-refractivity contribution in [2.75, 3.05) is 13.1 Å². The molecule has 126 valence electrons. The Kier molecular flexibility index (Phi) is 4.93. The highest BCUT2D eigenvalue weighted by Gasteiger charge is 2.30. The molecule has 6 nitrogen and oxygen atoms in total. The minimum Gasteiger partial charge on any atom is -0.469 e. The molecule has 0 spiro atoms. The van der Waals surface area contributed by atoms with Crippen molar-refractivity contribution in [3.63, 3.8) is 0 Å². The summed E-state index contributed by atoms with van der Waals surface area (Å²) < 4.78 is 10.6. The molecule has 1 fully saturated rings. The Morgan fingerprint density at radius 3 is 2.83 bits per heavy atom. The highest BCUT2D eigenvalue weighted by atomic mass is 16.5. The Morgan fingerprint density at radius 1 is 1.33 bits per heavy atom. The molecule has 2 aromatic rings. The number of carbonyl (C=O) groups is 2. The Labute approximate surface area is 140 Å². The third-order valence-corrected chi connectivity index (χ3v) is 4.31. The molecular formula is C18H20N2O4. The first-order chi connectivity index (χ1) is 11.6. The lowest BCUT2D eigenvalue weighted by Gasteiger charge is -2.31. The van der Waals surface area contributed by atoms with Crippen LogP contribution < -0.4 is 0 Å². The normalized spacial score (nSPS) is 17.5. The van der Waals surface area contributed by atoms with E-state index in [1.807, 2.05) is 6.92 Å². The lowest BCUT2D eigenvalue weighted by molar-refractivity contribution is -0.151. The Morgan fingerprint density at radius 2 is 2.12 bits per heavy atom. The van der Waals surface area contributed by atoms with Gasteiger partial charge in [0.2, 0.25) is 0 Å². The number of nitrogens with zero attached hydrogens (tertiary/aromatic N) is 2. The molecule has 2 aromatic heterocycles. The molecule has 1 saturated heterocycles. The van der Waals surface area contributed by atoms with Crippen molar-refractivity contribution < 1.29 is 18.7 Å². The topological polar surface area (TPSA) is 72.6 Å². The number of piperidine rings is 1. The number of rotatable bonds is 4. The van der Waals surface area contributed by atoms with Crippen LogP contribution in [0.3, 0.4) is 0 Å². The zero-order valence-electron chi connectivity index (χ0n) is 13.6. The third kappa shape index (κ3) is 3.64. The molecule has 0 unspecified atom stereocenters. The molecular weight excluding hydrogens is 308 g/mol. The summed E-state index contributed by atoms with van der Waals surface area (Å²) in [7, 11) is 0. The van der Waals surface area contributed by atoms with Gasteiger partial charge in [-0.25, -0.2) is 0 Å². The number of hydrogen-bond donors (Lipinski definition) is 0. The molecule has 0 radical (unpaired) electrons. The first kappa shape index (κ1) is 16.2. The van der Waals surface area contributed by atoms with Crippen LogP contribution in [0.4, 0.5) is 0 Å². The molecule has 1 amide bonds. The van der Waals surface area contributed by atoms with Gasteiger partial charge in [0, 0.05) is 36.6 Å². The summed E-state index contributed by atoms with van der Waals surface area (Å²) in [4.78, 5) is 30.4. The number of ether oxygens (including phenoxy) is 1. The smallest absolute Gasteiger partial charge is 0.311 e. The average molecular weight is 328 g/mol. The molecule has 1 aliphatic heterocycles. The van der Waals surface area contributed by atoms with E-state index in [-0.39, 0.29) is 24.4 Å². The predicted octanol–water partition coefficient (Wildman–Crippen LogP) is 2.58. The highest BCUT2D eigenvalue weighted by molar-refractivity contribution is 5.94. The van der Waals surface area contributed by atoms with Crippen molar-refractivity contribution in [2.24, 2.45) is 5.92 Å². The van der Waals surface area contributed by atoms with Crippen LogP contribution in [0.1, 0.15) is 34.5 Å². The zero-order chi connectivity index (χ0) is 16.9. The van der Waals surface area contributed by atoms with Crippen LogP contribution in [-0.4, -0.2) is 34.8 Å². The quantitative estimate of drug-likeness (QED) is 0.807. The summed E-state index contributed by atoms with van der Waals surface area (Å²) in [5.41, 5.74) is 1.46. The molecule has 6 heteroatoms. The van der Waals surface area contributed by atoms with Gasteiger partial charge in [-0.2, -0.15) is 0 Å². The van der Waals surface area contributed by atoms with Crippen molar-refractivity contribution in [3.8, 4) is 0 Å². The Balaban J connectivity index is 1.58. The summed E-state index contributed by atoms with van der Waals surface area (Å²) >= 11 is 0. The Bertz CT molecular complexity index is 711. The van der Waals surface area contributed by atoms with Crippen molar-refractivity contribution in [1.29, 1.82) is 0 Å². The molecule has 24 heavy (non-hydrogen) atoms. The third-order valence-electron chi connectivity index (χ3n) is 4.31. The van der Waals surface area contributed by atoms with E-state index in [0.717, 1.165) is 24.2 Å². The van der Waals surface area contributed by atoms with Gasteiger partial charge in [-0.1, -0.05) is 0 Å². The number of pyridine rings is 1. The SMILES string of the molecule is Cc1occc1COC(=O)[C@@H]1CCCN(C(=O)c2ccncc2)C1. The number of furan rings is 1. The van der Waals surface area contributed by atoms with Gasteiger partial charge in [-0.3, -0.25) is 14.6 Å². The van der Waals surface area contributed by atoms with Gasteiger partial charge in [-0.05, 0) is 38.0 Å². The van der Waals surface area contributed by atoms with E-state index in [9.17, 15) is 9.59 Å². The lowest BCUT2D eigenvalue weighted by atomic mass is 9.97. The van der Waals surface area contributed by atoms with Crippen molar-refractivity contribution in [3.05, 3.63) is 53.7 Å². The van der Waals surface area contributed by atoms with Crippen LogP contribution in [0.2, 0.25) is 0 Å². The number of hydrogen-bond acceptors (Lipinski definition) is 5. The number of aromatic nitrogens is 1. The van der Waals surface area contributed by atoms with E-state index in [1.165, 1.54) is 0 Å². The molecule has 0 aliphatic carbocycles. The maximum absolute atomic E-state index is 12.5. The van der Waals surface area contributed by atoms with E-state index in [0.29, 0.717) is 18.7 Å². The van der Waals surface area contributed by atoms with Crippen molar-refractivity contribution in [1.82, 2.24) is 9.88 Å². The zero-order valence-corrected chi connectivity index (χ0v) is 13.6. The van der Waals surface area contributed by atoms with Gasteiger partial charge >= 0.3 is 5.97 Å². The number of likely N-dealkylation sites (tertiary alicyclic amines) is 1. The Hall–Kier alpha value is -2.63. The van der Waals surface area contributed by atoms with Crippen LogP contribution >= 0.6 is 0 Å². The standard InChI is InChI=1S/C18H20N2O4/c1-13-16(6-10-23-13)12-24-18(22)15-3-2-9-20(11-15)17(21)14-4-7-19-8-5-14/h4-8,10,15H,2-3,9,11-12H2,1H3/t15-/m1/s1. The summed E-state index contributed by atoms with van der Waals surface area (Å²) in [5, 5.41) is 0. The second-order valence-electron chi connectivity index (χ2n) is 5.94. The van der Waals surface area contributed by atoms with E-state index in [4.69, 9.17) is 9.15 Å². The first-order valence-corrected chi connectivity index (χ1v) is 8.04. The summed E-state index contributed by atoms with van der Waals surface area (Å²) in [6, 6.07) is 5.17. The van der Waals surface area contributed by atoms with Crippen LogP contribution in [0.25, 0.3) is 0 Å². The molecule has 0 bridgehead atoms. The van der Waals surface area contributed by atoms with E-state index in [1.54, 1.807) is 41.8 Å². The van der Waals surface area contributed by atoms with Gasteiger partial charge < -0.3 is 14.1 Å². The van der Waals surface area contributed by atoms with E-state index >= 15 is 0 Å². The molecule has 0 aromatic carbocycles. The van der Waals surface area contributed by atoms with E-state index in [2.05, 4.69) is 4.98 Å². The molecule has 0 N–H and O–H groups in total. The number of amides is 1. The number of esters is 1. The highest BCUT2D eigenvalue weighted by Crippen LogP contribution is 2.21. The van der Waals surface area contributed by atoms with Crippen LogP contribution in [0, 0.1) is 12.8 Å². The molecule has 3 heterocycles. The van der Waals surface area contributed by atoms with Crippen molar-refractivity contribution >= 4 is 11.9 Å². The minimum absolute atomic E-state index is 0.0689. The maximum Gasteiger partial charge on any atom is 0.311 e. The van der Waals surface area contributed by atoms with Gasteiger partial charge in [0.1, 0.15) is 12.4 Å². The lowest BCUT2D eigenvalue weighted by Crippen LogP contribution is -2.42. The largest absolute Gasteiger partial charge is 0.469 e. The second-order valence-corrected chi connectivity index (χ2v) is 5.94. The summed E-state index contributed by atoms with van der Waals surface area (Å²) in [6.07, 6.45) is 6.30. The molecule has 3 rings (SSSR count). The molecule has 1 atom stereocenters. The van der Waals surface area contributed by atoms with Crippen LogP contribution in [0.15, 0.2) is 41.3 Å². The van der Waals surface area contributed by atoms with Crippen molar-refractivity contribution in [2.45, 2.75) is 26.4 Å². The van der Waals surface area contributed by atoms with Gasteiger partial charge in [0.15, 0.2) is 0 Å². The fraction of sp³-hybridized carbons (Fsp3) is 0.389. The van der Waals surface area contributed by atoms with Gasteiger partial charge in [-0.15, -0.1) is 0 Å². The average Bonchev–Trinajstić information content (AvgIpc) is 3.05. The fourth-order valence-electron chi connectivity index (χ4n) is 2.86. The van der Waals surface area contributed by atoms with Gasteiger partial charge in [0.25, 0.3) is 5.91 Å². The van der Waals surface area contributed by atoms with Crippen LogP contribution in [-0.2, 0) is 16.1 Å². The first-order valence-electron chi connectivity index (χ1n) is 8.04. The second kappa shape index (κ2) is 7.29. The predicted molar refractivity (Wildman–Crippen MR) is 86.1 cm³/mol. The summed E-state index contributed by atoms with van der Waals surface area (Å²) in [5.74, 6) is 0.140. The van der Waals surface area contributed by atoms with Gasteiger partial charge in [0.05, 0.1) is 12.2 Å². The monoisotopic (exact) mass is 328 g/mol. The summed E-state index contributed by atoms with van der Waals surface area (Å²) in [6.45, 7) is 3.09. The molecule has 1 aliphatic rings. The van der Waals surface area contributed by atoms with Crippen LogP contribution in [0.5, 0.6) is 0 Å². The molecule has 0 saturated carbocycles. The van der Waals surface area contributed by atoms with E-state index < -0.39 is 0 Å².